The summed E-state index contributed by atoms with van der Waals surface area (Å²) in [6.07, 6.45) is 3.35. The zero-order valence-electron chi connectivity index (χ0n) is 14.4. The van der Waals surface area contributed by atoms with Crippen LogP contribution in [0.25, 0.3) is 11.3 Å². The zero-order valence-corrected chi connectivity index (χ0v) is 14.4. The van der Waals surface area contributed by atoms with E-state index in [2.05, 4.69) is 15.1 Å². The predicted octanol–water partition coefficient (Wildman–Crippen LogP) is 2.61. The Morgan fingerprint density at radius 3 is 2.76 bits per heavy atom. The van der Waals surface area contributed by atoms with Gasteiger partial charge in [-0.05, 0) is 44.1 Å². The van der Waals surface area contributed by atoms with Gasteiger partial charge >= 0.3 is 5.97 Å². The Hall–Kier alpha value is -2.41. The van der Waals surface area contributed by atoms with E-state index >= 15 is 0 Å². The van der Waals surface area contributed by atoms with Crippen molar-refractivity contribution in [3.8, 4) is 17.0 Å². The maximum atomic E-state index is 14.0. The minimum Gasteiger partial charge on any atom is -0.494 e. The van der Waals surface area contributed by atoms with Crippen molar-refractivity contribution in [2.45, 2.75) is 19.4 Å². The van der Waals surface area contributed by atoms with E-state index in [9.17, 15) is 9.18 Å². The molecule has 0 atom stereocenters. The zero-order chi connectivity index (χ0) is 17.8. The summed E-state index contributed by atoms with van der Waals surface area (Å²) in [6, 6.07) is 4.86. The van der Waals surface area contributed by atoms with Gasteiger partial charge in [0.25, 0.3) is 0 Å². The average Bonchev–Trinajstić information content (AvgIpc) is 3.09. The molecule has 2 aromatic rings. The first-order valence-electron chi connectivity index (χ1n) is 8.28. The second kappa shape index (κ2) is 7.65. The summed E-state index contributed by atoms with van der Waals surface area (Å²) in [4.78, 5) is 13.9. The van der Waals surface area contributed by atoms with E-state index in [-0.39, 0.29) is 17.6 Å². The number of methoxy groups -OCH3 is 2. The number of likely N-dealkylation sites (tertiary alicyclic amines) is 1. The Kier molecular flexibility index (Phi) is 5.33. The normalized spacial score (nSPS) is 16.0. The molecule has 6 nitrogen and oxygen atoms in total. The molecule has 0 radical (unpaired) electrons. The van der Waals surface area contributed by atoms with Crippen LogP contribution >= 0.6 is 0 Å². The largest absolute Gasteiger partial charge is 0.494 e. The van der Waals surface area contributed by atoms with E-state index in [4.69, 9.17) is 9.47 Å². The maximum Gasteiger partial charge on any atom is 0.308 e. The minimum absolute atomic E-state index is 0.0132. The number of nitrogens with one attached hydrogen (secondary N) is 1. The Labute approximate surface area is 145 Å². The minimum atomic E-state index is -0.403. The molecule has 0 bridgehead atoms. The van der Waals surface area contributed by atoms with Crippen molar-refractivity contribution < 1.29 is 18.7 Å². The van der Waals surface area contributed by atoms with E-state index in [1.54, 1.807) is 12.3 Å². The van der Waals surface area contributed by atoms with Crippen LogP contribution in [0.2, 0.25) is 0 Å². The molecule has 1 aromatic heterocycles. The highest BCUT2D eigenvalue weighted by Gasteiger charge is 2.26. The molecule has 1 aromatic carbocycles. The third kappa shape index (κ3) is 3.82. The molecule has 1 fully saturated rings. The van der Waals surface area contributed by atoms with Crippen LogP contribution in [0.5, 0.6) is 5.75 Å². The summed E-state index contributed by atoms with van der Waals surface area (Å²) in [7, 11) is 2.87. The fraction of sp³-hybridized carbons (Fsp3) is 0.444. The molecule has 1 N–H and O–H groups in total. The van der Waals surface area contributed by atoms with E-state index in [0.29, 0.717) is 6.54 Å². The average molecular weight is 347 g/mol. The summed E-state index contributed by atoms with van der Waals surface area (Å²) in [5, 5.41) is 7.07. The lowest BCUT2D eigenvalue weighted by molar-refractivity contribution is -0.147. The first-order chi connectivity index (χ1) is 12.1. The number of H-pyrrole nitrogens is 1. The maximum absolute atomic E-state index is 14.0. The fourth-order valence-corrected chi connectivity index (χ4v) is 3.24. The highest BCUT2D eigenvalue weighted by molar-refractivity contribution is 5.72. The molecule has 0 unspecified atom stereocenters. The van der Waals surface area contributed by atoms with Crippen LogP contribution in [0, 0.1) is 11.7 Å². The molecule has 3 rings (SSSR count). The SMILES string of the molecule is COC(=O)C1CCN(Cc2cn[nH]c2-c2ccc(OC)c(F)c2)CC1. The van der Waals surface area contributed by atoms with Crippen molar-refractivity contribution in [1.82, 2.24) is 15.1 Å². The number of halogens is 1. The molecular formula is C18H22FN3O3. The third-order valence-electron chi connectivity index (χ3n) is 4.67. The standard InChI is InChI=1S/C18H22FN3O3/c1-24-16-4-3-13(9-15(16)19)17-14(10-20-21-17)11-22-7-5-12(6-8-22)18(23)25-2/h3-4,9-10,12H,5-8,11H2,1-2H3,(H,20,21). The molecule has 0 spiro atoms. The Balaban J connectivity index is 1.69. The van der Waals surface area contributed by atoms with Crippen LogP contribution in [0.1, 0.15) is 18.4 Å². The number of carbonyl (C=O) groups is 1. The summed E-state index contributed by atoms with van der Waals surface area (Å²) in [5.74, 6) is -0.327. The first-order valence-corrected chi connectivity index (χ1v) is 8.28. The van der Waals surface area contributed by atoms with Crippen LogP contribution in [0.3, 0.4) is 0 Å². The van der Waals surface area contributed by atoms with Crippen LogP contribution in [0.15, 0.2) is 24.4 Å². The molecule has 25 heavy (non-hydrogen) atoms. The van der Waals surface area contributed by atoms with Gasteiger partial charge in [0.2, 0.25) is 0 Å². The Morgan fingerprint density at radius 2 is 2.12 bits per heavy atom. The van der Waals surface area contributed by atoms with Crippen molar-refractivity contribution in [3.63, 3.8) is 0 Å². The molecule has 0 amide bonds. The number of hydrogen-bond acceptors (Lipinski definition) is 5. The summed E-state index contributed by atoms with van der Waals surface area (Å²) in [5.41, 5.74) is 2.54. The topological polar surface area (TPSA) is 67.5 Å². The fourth-order valence-electron chi connectivity index (χ4n) is 3.24. The van der Waals surface area contributed by atoms with Gasteiger partial charge in [0, 0.05) is 17.7 Å². The second-order valence-electron chi connectivity index (χ2n) is 6.19. The number of aromatic amines is 1. The number of aromatic nitrogens is 2. The first kappa shape index (κ1) is 17.4. The smallest absolute Gasteiger partial charge is 0.308 e. The van der Waals surface area contributed by atoms with Gasteiger partial charge in [0.05, 0.1) is 32.0 Å². The number of ether oxygens (including phenoxy) is 2. The lowest BCUT2D eigenvalue weighted by Gasteiger charge is -2.30. The van der Waals surface area contributed by atoms with Gasteiger partial charge in [0.1, 0.15) is 0 Å². The van der Waals surface area contributed by atoms with Gasteiger partial charge in [-0.1, -0.05) is 0 Å². The number of hydrogen-bond donors (Lipinski definition) is 1. The van der Waals surface area contributed by atoms with Crippen molar-refractivity contribution in [2.75, 3.05) is 27.3 Å². The molecule has 0 saturated carbocycles. The molecular weight excluding hydrogens is 325 g/mol. The van der Waals surface area contributed by atoms with Crippen LogP contribution in [-0.2, 0) is 16.1 Å². The van der Waals surface area contributed by atoms with Gasteiger partial charge in [-0.15, -0.1) is 0 Å². The Morgan fingerprint density at radius 1 is 1.36 bits per heavy atom. The second-order valence-corrected chi connectivity index (χ2v) is 6.19. The lowest BCUT2D eigenvalue weighted by Crippen LogP contribution is -2.36. The monoisotopic (exact) mass is 347 g/mol. The number of rotatable bonds is 5. The number of carbonyl (C=O) groups excluding carboxylic acids is 1. The van der Waals surface area contributed by atoms with Crippen LogP contribution in [0.4, 0.5) is 4.39 Å². The summed E-state index contributed by atoms with van der Waals surface area (Å²) >= 11 is 0. The summed E-state index contributed by atoms with van der Waals surface area (Å²) in [6.45, 7) is 2.34. The van der Waals surface area contributed by atoms with Crippen molar-refractivity contribution in [3.05, 3.63) is 35.8 Å². The Bertz CT molecular complexity index is 739. The van der Waals surface area contributed by atoms with Gasteiger partial charge < -0.3 is 9.47 Å². The summed E-state index contributed by atoms with van der Waals surface area (Å²) < 4.78 is 23.8. The van der Waals surface area contributed by atoms with Gasteiger partial charge in [-0.2, -0.15) is 5.10 Å². The van der Waals surface area contributed by atoms with Crippen LogP contribution < -0.4 is 4.74 Å². The van der Waals surface area contributed by atoms with Gasteiger partial charge in [-0.25, -0.2) is 4.39 Å². The third-order valence-corrected chi connectivity index (χ3v) is 4.67. The highest BCUT2D eigenvalue weighted by Crippen LogP contribution is 2.28. The number of piperidine rings is 1. The number of benzene rings is 1. The van der Waals surface area contributed by atoms with E-state index < -0.39 is 5.82 Å². The molecule has 1 saturated heterocycles. The molecule has 1 aliphatic heterocycles. The number of nitrogens with zero attached hydrogens (tertiary/aromatic N) is 2. The van der Waals surface area contributed by atoms with Crippen LogP contribution in [-0.4, -0.2) is 48.4 Å². The molecule has 134 valence electrons. The molecule has 1 aliphatic rings. The lowest BCUT2D eigenvalue weighted by atomic mass is 9.96. The number of esters is 1. The van der Waals surface area contributed by atoms with Gasteiger partial charge in [-0.3, -0.25) is 14.8 Å². The van der Waals surface area contributed by atoms with Gasteiger partial charge in [0.15, 0.2) is 11.6 Å². The molecule has 2 heterocycles. The quantitative estimate of drug-likeness (QED) is 0.842. The van der Waals surface area contributed by atoms with Crippen molar-refractivity contribution in [1.29, 1.82) is 0 Å². The van der Waals surface area contributed by atoms with E-state index in [1.807, 2.05) is 6.07 Å². The van der Waals surface area contributed by atoms with E-state index in [1.165, 1.54) is 20.3 Å². The molecule has 0 aliphatic carbocycles. The van der Waals surface area contributed by atoms with E-state index in [0.717, 1.165) is 42.8 Å². The highest BCUT2D eigenvalue weighted by atomic mass is 19.1. The molecule has 7 heteroatoms. The van der Waals surface area contributed by atoms with Crippen molar-refractivity contribution in [2.24, 2.45) is 5.92 Å². The predicted molar refractivity (Wildman–Crippen MR) is 90.6 cm³/mol. The van der Waals surface area contributed by atoms with Crippen molar-refractivity contribution >= 4 is 5.97 Å².